The molecule has 4 aromatic heterocycles. The summed E-state index contributed by atoms with van der Waals surface area (Å²) in [6, 6.07) is 10.7. The summed E-state index contributed by atoms with van der Waals surface area (Å²) in [5.41, 5.74) is 8.19. The Labute approximate surface area is 220 Å². The first kappa shape index (κ1) is 23.6. The summed E-state index contributed by atoms with van der Waals surface area (Å²) in [5, 5.41) is 8.86. The van der Waals surface area contributed by atoms with Crippen LogP contribution in [-0.2, 0) is 0 Å². The Bertz CT molecular complexity index is 1660. The number of likely N-dealkylation sites (tertiary alicyclic amines) is 1. The molecule has 0 spiro atoms. The summed E-state index contributed by atoms with van der Waals surface area (Å²) in [4.78, 5) is 17.8. The van der Waals surface area contributed by atoms with Crippen molar-refractivity contribution in [2.75, 3.05) is 19.6 Å². The zero-order chi connectivity index (χ0) is 25.4. The largest absolute Gasteiger partial charge is 0.335 e. The molecule has 2 N–H and O–H groups in total. The minimum Gasteiger partial charge on any atom is -0.335 e. The van der Waals surface area contributed by atoms with E-state index in [-0.39, 0.29) is 0 Å². The van der Waals surface area contributed by atoms with Crippen LogP contribution in [-0.4, -0.2) is 49.7 Å². The van der Waals surface area contributed by atoms with Gasteiger partial charge in [-0.15, -0.1) is 11.3 Å². The number of aromatic nitrogens is 5. The molecule has 0 aliphatic carbocycles. The van der Waals surface area contributed by atoms with Crippen LogP contribution >= 0.6 is 11.3 Å². The van der Waals surface area contributed by atoms with Crippen molar-refractivity contribution in [3.8, 4) is 22.0 Å². The predicted molar refractivity (Wildman–Crippen MR) is 155 cm³/mol. The minimum atomic E-state index is 0.735. The van der Waals surface area contributed by atoms with E-state index in [1.165, 1.54) is 46.8 Å². The zero-order valence-corrected chi connectivity index (χ0v) is 22.0. The van der Waals surface area contributed by atoms with Crippen molar-refractivity contribution in [3.05, 3.63) is 83.5 Å². The van der Waals surface area contributed by atoms with Gasteiger partial charge in [0.25, 0.3) is 0 Å². The van der Waals surface area contributed by atoms with Gasteiger partial charge in [-0.05, 0) is 80.8 Å². The molecular formula is C30H30N6S. The van der Waals surface area contributed by atoms with Gasteiger partial charge >= 0.3 is 0 Å². The first-order chi connectivity index (χ1) is 18.1. The number of aryl methyl sites for hydroxylation is 1. The molecule has 6 nitrogen and oxygen atoms in total. The molecule has 0 amide bonds. The molecule has 1 aliphatic rings. The molecule has 5 heterocycles. The number of fused-ring (bicyclic) bond motifs is 2. The van der Waals surface area contributed by atoms with Gasteiger partial charge in [-0.1, -0.05) is 30.9 Å². The minimum absolute atomic E-state index is 0.735. The summed E-state index contributed by atoms with van der Waals surface area (Å²) in [6.07, 6.45) is 12.7. The summed E-state index contributed by atoms with van der Waals surface area (Å²) >= 11 is 1.75. The number of benzene rings is 1. The fourth-order valence-corrected chi connectivity index (χ4v) is 5.96. The second-order valence-corrected chi connectivity index (χ2v) is 10.9. The van der Waals surface area contributed by atoms with Gasteiger partial charge in [-0.2, -0.15) is 5.10 Å². The summed E-state index contributed by atoms with van der Waals surface area (Å²) in [7, 11) is 0. The van der Waals surface area contributed by atoms with Crippen LogP contribution in [0.25, 0.3) is 49.5 Å². The van der Waals surface area contributed by atoms with Gasteiger partial charge in [-0.3, -0.25) is 15.0 Å². The molecule has 0 unspecified atom stereocenters. The van der Waals surface area contributed by atoms with Gasteiger partial charge in [0.05, 0.1) is 17.2 Å². The number of nitrogens with one attached hydrogen (secondary N) is 2. The highest BCUT2D eigenvalue weighted by atomic mass is 32.1. The first-order valence-electron chi connectivity index (χ1n) is 12.7. The van der Waals surface area contributed by atoms with Crippen LogP contribution in [0.15, 0.2) is 73.1 Å². The number of aromatic amines is 2. The van der Waals surface area contributed by atoms with Crippen molar-refractivity contribution < 1.29 is 0 Å². The Morgan fingerprint density at radius 1 is 1.14 bits per heavy atom. The second-order valence-electron chi connectivity index (χ2n) is 9.56. The lowest BCUT2D eigenvalue weighted by atomic mass is 10.00. The van der Waals surface area contributed by atoms with E-state index in [2.05, 4.69) is 88.0 Å². The number of rotatable bonds is 7. The van der Waals surface area contributed by atoms with Crippen LogP contribution in [0.3, 0.4) is 0 Å². The number of thiophene rings is 1. The molecule has 1 fully saturated rings. The van der Waals surface area contributed by atoms with Crippen molar-refractivity contribution in [2.24, 2.45) is 0 Å². The smallest absolute Gasteiger partial charge is 0.159 e. The van der Waals surface area contributed by atoms with E-state index in [1.807, 2.05) is 18.5 Å². The lowest BCUT2D eigenvalue weighted by Crippen LogP contribution is -2.21. The average Bonchev–Trinajstić information content (AvgIpc) is 3.72. The highest BCUT2D eigenvalue weighted by Gasteiger charge is 2.17. The quantitative estimate of drug-likeness (QED) is 0.230. The van der Waals surface area contributed by atoms with Gasteiger partial charge in [0.2, 0.25) is 0 Å². The van der Waals surface area contributed by atoms with Crippen LogP contribution in [0.2, 0.25) is 0 Å². The molecule has 0 bridgehead atoms. The van der Waals surface area contributed by atoms with Gasteiger partial charge < -0.3 is 4.98 Å². The lowest BCUT2D eigenvalue weighted by molar-refractivity contribution is 0.371. The molecule has 1 aromatic carbocycles. The van der Waals surface area contributed by atoms with E-state index < -0.39 is 0 Å². The molecule has 186 valence electrons. The number of nitrogens with zero attached hydrogens (tertiary/aromatic N) is 4. The number of imidazole rings is 1. The Kier molecular flexibility index (Phi) is 6.32. The van der Waals surface area contributed by atoms with E-state index in [0.717, 1.165) is 51.1 Å². The molecule has 7 heteroatoms. The number of pyridine rings is 1. The summed E-state index contributed by atoms with van der Waals surface area (Å²) in [6.45, 7) is 11.6. The van der Waals surface area contributed by atoms with Crippen LogP contribution in [0.4, 0.5) is 0 Å². The maximum Gasteiger partial charge on any atom is 0.159 e. The Morgan fingerprint density at radius 3 is 2.76 bits per heavy atom. The zero-order valence-electron chi connectivity index (χ0n) is 21.2. The lowest BCUT2D eigenvalue weighted by Gasteiger charge is -2.15. The van der Waals surface area contributed by atoms with E-state index in [1.54, 1.807) is 11.3 Å². The highest BCUT2D eigenvalue weighted by molar-refractivity contribution is 7.15. The molecule has 0 saturated carbocycles. The normalized spacial score (nSPS) is 15.3. The van der Waals surface area contributed by atoms with E-state index in [4.69, 9.17) is 4.98 Å². The third-order valence-corrected chi connectivity index (χ3v) is 8.07. The SMILES string of the molecule is C=C/C(=C\C(=C/C)c1ccc2[nH]nc(-c3nc4c(-c5ccc(C)s5)cncc4[nH]3)c2c1)CN1CCCC1. The second kappa shape index (κ2) is 9.92. The van der Waals surface area contributed by atoms with E-state index in [9.17, 15) is 0 Å². The fourth-order valence-electron chi connectivity index (χ4n) is 5.08. The Hall–Kier alpha value is -3.81. The number of hydrogen-bond acceptors (Lipinski definition) is 5. The molecule has 1 saturated heterocycles. The summed E-state index contributed by atoms with van der Waals surface area (Å²) < 4.78 is 0. The van der Waals surface area contributed by atoms with Crippen LogP contribution < -0.4 is 0 Å². The Balaban J connectivity index is 1.38. The topological polar surface area (TPSA) is 73.5 Å². The number of allylic oxidation sites excluding steroid dienone is 3. The molecule has 6 rings (SSSR count). The van der Waals surface area contributed by atoms with Crippen LogP contribution in [0.5, 0.6) is 0 Å². The predicted octanol–water partition coefficient (Wildman–Crippen LogP) is 7.15. The van der Waals surface area contributed by atoms with Gasteiger partial charge in [0, 0.05) is 33.4 Å². The maximum atomic E-state index is 4.99. The molecule has 37 heavy (non-hydrogen) atoms. The van der Waals surface area contributed by atoms with Crippen molar-refractivity contribution in [2.45, 2.75) is 26.7 Å². The third kappa shape index (κ3) is 4.56. The third-order valence-electron chi connectivity index (χ3n) is 7.04. The number of hydrogen-bond donors (Lipinski definition) is 2. The van der Waals surface area contributed by atoms with Gasteiger partial charge in [-0.25, -0.2) is 4.98 Å². The van der Waals surface area contributed by atoms with Crippen molar-refractivity contribution >= 4 is 38.8 Å². The fraction of sp³-hybridized carbons (Fsp3) is 0.233. The van der Waals surface area contributed by atoms with Crippen LogP contribution in [0.1, 0.15) is 30.2 Å². The van der Waals surface area contributed by atoms with Crippen molar-refractivity contribution in [1.29, 1.82) is 0 Å². The highest BCUT2D eigenvalue weighted by Crippen LogP contribution is 2.34. The molecule has 0 atom stereocenters. The maximum absolute atomic E-state index is 4.99. The molecule has 0 radical (unpaired) electrons. The molecule has 5 aromatic rings. The van der Waals surface area contributed by atoms with Crippen LogP contribution in [0, 0.1) is 6.92 Å². The number of H-pyrrole nitrogens is 2. The van der Waals surface area contributed by atoms with Crippen molar-refractivity contribution in [1.82, 2.24) is 30.0 Å². The van der Waals surface area contributed by atoms with E-state index in [0.29, 0.717) is 0 Å². The first-order valence-corrected chi connectivity index (χ1v) is 13.6. The Morgan fingerprint density at radius 2 is 2.00 bits per heavy atom. The molecule has 1 aliphatic heterocycles. The standard InChI is InChI=1S/C30H30N6S/c1-4-20(18-36-12-6-7-13-36)14-21(5-2)22-9-10-25-23(15-22)29(35-34-25)30-32-26-17-31-16-24(28(26)33-30)27-11-8-19(3)37-27/h4-5,8-11,14-17H,1,6-7,12-13,18H2,2-3H3,(H,32,33)(H,34,35)/b20-14+,21-5+. The van der Waals surface area contributed by atoms with E-state index >= 15 is 0 Å². The van der Waals surface area contributed by atoms with Gasteiger partial charge in [0.1, 0.15) is 11.2 Å². The summed E-state index contributed by atoms with van der Waals surface area (Å²) in [5.74, 6) is 0.735. The molecular weight excluding hydrogens is 476 g/mol. The monoisotopic (exact) mass is 506 g/mol. The van der Waals surface area contributed by atoms with Crippen molar-refractivity contribution in [3.63, 3.8) is 0 Å². The van der Waals surface area contributed by atoms with Gasteiger partial charge in [0.15, 0.2) is 5.82 Å². The average molecular weight is 507 g/mol.